The summed E-state index contributed by atoms with van der Waals surface area (Å²) in [4.78, 5) is 13.8. The Balaban J connectivity index is 1.96. The molecule has 18 heavy (non-hydrogen) atoms. The van der Waals surface area contributed by atoms with Crippen molar-refractivity contribution in [3.63, 3.8) is 0 Å². The van der Waals surface area contributed by atoms with Crippen molar-refractivity contribution < 1.29 is 13.9 Å². The van der Waals surface area contributed by atoms with Gasteiger partial charge in [-0.05, 0) is 19.1 Å². The maximum atomic E-state index is 13.4. The zero-order valence-corrected chi connectivity index (χ0v) is 10.4. The average molecular weight is 252 g/mol. The molecular formula is C13H17FN2O2. The van der Waals surface area contributed by atoms with Gasteiger partial charge in [-0.25, -0.2) is 4.39 Å². The highest BCUT2D eigenvalue weighted by Crippen LogP contribution is 2.17. The molecule has 0 unspecified atom stereocenters. The highest BCUT2D eigenvalue weighted by molar-refractivity contribution is 5.81. The first-order chi connectivity index (χ1) is 8.68. The van der Waals surface area contributed by atoms with Crippen molar-refractivity contribution in [2.75, 3.05) is 26.2 Å². The third kappa shape index (κ3) is 2.98. The molecule has 0 aliphatic carbocycles. The van der Waals surface area contributed by atoms with E-state index in [2.05, 4.69) is 5.32 Å². The molecule has 1 aromatic rings. The van der Waals surface area contributed by atoms with Gasteiger partial charge in [-0.1, -0.05) is 12.1 Å². The summed E-state index contributed by atoms with van der Waals surface area (Å²) in [6.07, 6.45) is -0.667. The van der Waals surface area contributed by atoms with E-state index < -0.39 is 11.9 Å². The van der Waals surface area contributed by atoms with Crippen molar-refractivity contribution in [3.05, 3.63) is 30.1 Å². The summed E-state index contributed by atoms with van der Waals surface area (Å²) < 4.78 is 18.8. The van der Waals surface area contributed by atoms with Crippen molar-refractivity contribution >= 4 is 5.91 Å². The van der Waals surface area contributed by atoms with Crippen molar-refractivity contribution in [3.8, 4) is 5.75 Å². The van der Waals surface area contributed by atoms with Gasteiger partial charge < -0.3 is 15.0 Å². The van der Waals surface area contributed by atoms with Gasteiger partial charge in [-0.15, -0.1) is 0 Å². The minimum atomic E-state index is -0.667. The number of carbonyl (C=O) groups excluding carboxylic acids is 1. The smallest absolute Gasteiger partial charge is 0.263 e. The van der Waals surface area contributed by atoms with Gasteiger partial charge in [0.1, 0.15) is 0 Å². The largest absolute Gasteiger partial charge is 0.478 e. The Bertz CT molecular complexity index is 419. The monoisotopic (exact) mass is 252 g/mol. The molecular weight excluding hydrogens is 235 g/mol. The molecule has 1 atom stereocenters. The van der Waals surface area contributed by atoms with E-state index in [1.165, 1.54) is 12.1 Å². The van der Waals surface area contributed by atoms with E-state index in [1.54, 1.807) is 24.0 Å². The molecule has 4 nitrogen and oxygen atoms in total. The van der Waals surface area contributed by atoms with Crippen molar-refractivity contribution in [2.24, 2.45) is 0 Å². The summed E-state index contributed by atoms with van der Waals surface area (Å²) in [5.41, 5.74) is 0. The Morgan fingerprint density at radius 2 is 2.06 bits per heavy atom. The third-order valence-electron chi connectivity index (χ3n) is 2.92. The lowest BCUT2D eigenvalue weighted by molar-refractivity contribution is -0.138. The number of nitrogens with zero attached hydrogens (tertiary/aromatic N) is 1. The number of hydrogen-bond acceptors (Lipinski definition) is 3. The maximum Gasteiger partial charge on any atom is 0.263 e. The minimum absolute atomic E-state index is 0.0975. The van der Waals surface area contributed by atoms with Crippen LogP contribution < -0.4 is 10.1 Å². The van der Waals surface area contributed by atoms with Gasteiger partial charge in [-0.3, -0.25) is 4.79 Å². The van der Waals surface area contributed by atoms with Crippen LogP contribution in [-0.2, 0) is 4.79 Å². The molecule has 1 heterocycles. The molecule has 2 rings (SSSR count). The molecule has 1 aliphatic heterocycles. The lowest BCUT2D eigenvalue weighted by atomic mass is 10.2. The first-order valence-corrected chi connectivity index (χ1v) is 6.09. The summed E-state index contributed by atoms with van der Waals surface area (Å²) in [7, 11) is 0. The topological polar surface area (TPSA) is 41.6 Å². The number of rotatable bonds is 3. The van der Waals surface area contributed by atoms with E-state index in [-0.39, 0.29) is 11.7 Å². The van der Waals surface area contributed by atoms with Crippen LogP contribution in [0.2, 0.25) is 0 Å². The standard InChI is InChI=1S/C13H17FN2O2/c1-10(13(17)16-8-6-15-7-9-16)18-12-5-3-2-4-11(12)14/h2-5,10,15H,6-9H2,1H3/t10-/m1/s1. The summed E-state index contributed by atoms with van der Waals surface area (Å²) in [5.74, 6) is -0.425. The van der Waals surface area contributed by atoms with Crippen LogP contribution in [0.3, 0.4) is 0 Å². The highest BCUT2D eigenvalue weighted by atomic mass is 19.1. The fourth-order valence-electron chi connectivity index (χ4n) is 1.92. The van der Waals surface area contributed by atoms with Crippen LogP contribution in [0.4, 0.5) is 4.39 Å². The first kappa shape index (κ1) is 12.8. The predicted octanol–water partition coefficient (Wildman–Crippen LogP) is 1.02. The van der Waals surface area contributed by atoms with Crippen LogP contribution in [0.5, 0.6) is 5.75 Å². The Morgan fingerprint density at radius 1 is 1.39 bits per heavy atom. The molecule has 1 N–H and O–H groups in total. The second-order valence-corrected chi connectivity index (χ2v) is 4.27. The Labute approximate surface area is 106 Å². The summed E-state index contributed by atoms with van der Waals surface area (Å²) in [5, 5.41) is 3.17. The van der Waals surface area contributed by atoms with E-state index in [0.29, 0.717) is 13.1 Å². The van der Waals surface area contributed by atoms with E-state index in [9.17, 15) is 9.18 Å². The number of piperazine rings is 1. The molecule has 1 aromatic carbocycles. The lowest BCUT2D eigenvalue weighted by Gasteiger charge is -2.29. The Morgan fingerprint density at radius 3 is 2.72 bits per heavy atom. The minimum Gasteiger partial charge on any atom is -0.478 e. The molecule has 0 saturated carbocycles. The lowest BCUT2D eigenvalue weighted by Crippen LogP contribution is -2.50. The van der Waals surface area contributed by atoms with Crippen LogP contribution in [0.15, 0.2) is 24.3 Å². The molecule has 1 aliphatic rings. The van der Waals surface area contributed by atoms with Crippen LogP contribution in [0.1, 0.15) is 6.92 Å². The molecule has 0 bridgehead atoms. The summed E-state index contributed by atoms with van der Waals surface area (Å²) in [6, 6.07) is 6.11. The van der Waals surface area contributed by atoms with Crippen LogP contribution in [0, 0.1) is 5.82 Å². The second kappa shape index (κ2) is 5.82. The number of hydrogen-bond donors (Lipinski definition) is 1. The maximum absolute atomic E-state index is 13.4. The van der Waals surface area contributed by atoms with E-state index in [1.807, 2.05) is 0 Å². The SMILES string of the molecule is C[C@@H](Oc1ccccc1F)C(=O)N1CCNCC1. The Kier molecular flexibility index (Phi) is 4.15. The first-order valence-electron chi connectivity index (χ1n) is 6.09. The van der Waals surface area contributed by atoms with E-state index in [4.69, 9.17) is 4.74 Å². The Hall–Kier alpha value is -1.62. The number of nitrogens with one attached hydrogen (secondary N) is 1. The molecule has 1 saturated heterocycles. The van der Waals surface area contributed by atoms with Crippen LogP contribution in [0.25, 0.3) is 0 Å². The fourth-order valence-corrected chi connectivity index (χ4v) is 1.92. The third-order valence-corrected chi connectivity index (χ3v) is 2.92. The van der Waals surface area contributed by atoms with Gasteiger partial charge in [0.15, 0.2) is 17.7 Å². The van der Waals surface area contributed by atoms with Crippen molar-refractivity contribution in [1.82, 2.24) is 10.2 Å². The number of para-hydroxylation sites is 1. The zero-order valence-electron chi connectivity index (χ0n) is 10.4. The fraction of sp³-hybridized carbons (Fsp3) is 0.462. The van der Waals surface area contributed by atoms with Gasteiger partial charge in [0, 0.05) is 26.2 Å². The number of carbonyl (C=O) groups is 1. The molecule has 0 radical (unpaired) electrons. The zero-order chi connectivity index (χ0) is 13.0. The molecule has 5 heteroatoms. The predicted molar refractivity (Wildman–Crippen MR) is 65.9 cm³/mol. The van der Waals surface area contributed by atoms with E-state index in [0.717, 1.165) is 13.1 Å². The van der Waals surface area contributed by atoms with Gasteiger partial charge in [0.05, 0.1) is 0 Å². The number of halogens is 1. The summed E-state index contributed by atoms with van der Waals surface area (Å²) in [6.45, 7) is 4.57. The molecule has 0 spiro atoms. The van der Waals surface area contributed by atoms with E-state index >= 15 is 0 Å². The molecule has 1 amide bonds. The summed E-state index contributed by atoms with van der Waals surface area (Å²) >= 11 is 0. The molecule has 0 aromatic heterocycles. The van der Waals surface area contributed by atoms with Crippen molar-refractivity contribution in [2.45, 2.75) is 13.0 Å². The van der Waals surface area contributed by atoms with Crippen LogP contribution >= 0.6 is 0 Å². The van der Waals surface area contributed by atoms with Gasteiger partial charge >= 0.3 is 0 Å². The number of benzene rings is 1. The normalized spacial score (nSPS) is 17.3. The van der Waals surface area contributed by atoms with Gasteiger partial charge in [-0.2, -0.15) is 0 Å². The number of amides is 1. The average Bonchev–Trinajstić information content (AvgIpc) is 2.41. The van der Waals surface area contributed by atoms with Gasteiger partial charge in [0.2, 0.25) is 0 Å². The highest BCUT2D eigenvalue weighted by Gasteiger charge is 2.23. The molecule has 1 fully saturated rings. The van der Waals surface area contributed by atoms with Gasteiger partial charge in [0.25, 0.3) is 5.91 Å². The van der Waals surface area contributed by atoms with Crippen LogP contribution in [-0.4, -0.2) is 43.1 Å². The van der Waals surface area contributed by atoms with Crippen molar-refractivity contribution in [1.29, 1.82) is 0 Å². The molecule has 98 valence electrons. The quantitative estimate of drug-likeness (QED) is 0.873. The second-order valence-electron chi connectivity index (χ2n) is 4.27. The number of ether oxygens (including phenoxy) is 1.